The van der Waals surface area contributed by atoms with Gasteiger partial charge in [0.05, 0.1) is 29.4 Å². The summed E-state index contributed by atoms with van der Waals surface area (Å²) in [6.07, 6.45) is 10.4. The quantitative estimate of drug-likeness (QED) is 0.118. The first-order valence-electron chi connectivity index (χ1n) is 21.8. The molecule has 2 aromatic rings. The van der Waals surface area contributed by atoms with Crippen molar-refractivity contribution in [1.82, 2.24) is 0 Å². The fourth-order valence-corrected chi connectivity index (χ4v) is 10.6. The Morgan fingerprint density at radius 3 is 2.29 bits per heavy atom. The Bertz CT molecular complexity index is 2100. The van der Waals surface area contributed by atoms with Crippen LogP contribution in [0.3, 0.4) is 0 Å². The van der Waals surface area contributed by atoms with Gasteiger partial charge in [0.1, 0.15) is 30.5 Å². The van der Waals surface area contributed by atoms with Crippen LogP contribution in [-0.4, -0.2) is 101 Å². The molecule has 17 nitrogen and oxygen atoms in total. The molecule has 2 heterocycles. The Balaban J connectivity index is 0.000000161. The first kappa shape index (κ1) is 46.5. The largest absolute Gasteiger partial charge is 0.507 e. The lowest BCUT2D eigenvalue weighted by Crippen LogP contribution is -2.64. The van der Waals surface area contributed by atoms with Crippen LogP contribution in [0.4, 0.5) is 4.79 Å². The topological polar surface area (TPSA) is 249 Å². The second-order valence-corrected chi connectivity index (χ2v) is 17.9. The van der Waals surface area contributed by atoms with E-state index in [-0.39, 0.29) is 88.4 Å². The van der Waals surface area contributed by atoms with E-state index in [4.69, 9.17) is 49.3 Å². The van der Waals surface area contributed by atoms with Crippen molar-refractivity contribution in [1.29, 1.82) is 0 Å². The van der Waals surface area contributed by atoms with Crippen LogP contribution in [0.15, 0.2) is 29.8 Å². The predicted molar refractivity (Wildman–Crippen MR) is 220 cm³/mol. The van der Waals surface area contributed by atoms with E-state index in [1.807, 2.05) is 13.0 Å². The Morgan fingerprint density at radius 1 is 0.905 bits per heavy atom. The predicted octanol–water partition coefficient (Wildman–Crippen LogP) is 5.41. The van der Waals surface area contributed by atoms with Gasteiger partial charge < -0.3 is 45.1 Å². The number of carbonyl (C=O) groups excluding carboxylic acids is 4. The van der Waals surface area contributed by atoms with Crippen molar-refractivity contribution in [3.05, 3.63) is 63.2 Å². The molecule has 2 bridgehead atoms. The number of aromatic hydroxyl groups is 2. The van der Waals surface area contributed by atoms with Crippen molar-refractivity contribution in [2.75, 3.05) is 34.0 Å². The maximum absolute atomic E-state index is 13.1. The van der Waals surface area contributed by atoms with Crippen LogP contribution in [0.5, 0.6) is 17.2 Å². The van der Waals surface area contributed by atoms with E-state index < -0.39 is 47.4 Å². The van der Waals surface area contributed by atoms with Gasteiger partial charge in [-0.3, -0.25) is 14.4 Å². The number of phenolic OH excluding ortho intramolecular Hbond substituents is 2. The average molecular weight is 882 g/mol. The van der Waals surface area contributed by atoms with Crippen molar-refractivity contribution in [3.63, 3.8) is 0 Å². The van der Waals surface area contributed by atoms with Gasteiger partial charge in [0, 0.05) is 60.2 Å². The Morgan fingerprint density at radius 2 is 1.63 bits per heavy atom. The van der Waals surface area contributed by atoms with Crippen molar-refractivity contribution in [2.24, 2.45) is 29.4 Å². The highest BCUT2D eigenvalue weighted by molar-refractivity contribution is 6.31. The molecule has 17 heteroatoms. The smallest absolute Gasteiger partial charge is 0.404 e. The van der Waals surface area contributed by atoms with E-state index in [9.17, 15) is 34.5 Å². The molecule has 2 spiro atoms. The summed E-state index contributed by atoms with van der Waals surface area (Å²) in [7, 11) is 3.07. The summed E-state index contributed by atoms with van der Waals surface area (Å²) < 4.78 is 20.3. The summed E-state index contributed by atoms with van der Waals surface area (Å²) in [5, 5.41) is 41.6. The molecule has 2 saturated heterocycles. The van der Waals surface area contributed by atoms with Crippen LogP contribution in [0.25, 0.3) is 0 Å². The molecule has 2 aromatic carbocycles. The number of hydrogen-bond donors (Lipinski definition) is 5. The molecular weight excluding hydrogens is 822 g/mol. The Labute approximate surface area is 365 Å². The molecule has 5 aliphatic carbocycles. The zero-order chi connectivity index (χ0) is 45.3. The van der Waals surface area contributed by atoms with Crippen molar-refractivity contribution in [3.8, 4) is 17.2 Å². The second kappa shape index (κ2) is 18.9. The number of aliphatic hydroxyl groups excluding tert-OH is 1. The highest BCUT2D eigenvalue weighted by atomic mass is 17.4. The third kappa shape index (κ3) is 8.99. The minimum absolute atomic E-state index is 0.0229. The van der Waals surface area contributed by atoms with Gasteiger partial charge in [-0.15, -0.1) is 0 Å². The molecule has 63 heavy (non-hydrogen) atoms. The molecule has 2 aliphatic heterocycles. The van der Waals surface area contributed by atoms with Gasteiger partial charge in [0.25, 0.3) is 5.79 Å². The maximum atomic E-state index is 13.1. The molecule has 0 aromatic heterocycles. The Kier molecular flexibility index (Phi) is 14.0. The zero-order valence-corrected chi connectivity index (χ0v) is 36.3. The van der Waals surface area contributed by atoms with Gasteiger partial charge in [-0.05, 0) is 89.0 Å². The number of rotatable bonds is 6. The number of hydrogen-bond acceptors (Lipinski definition) is 16. The molecule has 6 unspecified atom stereocenters. The number of ketones is 3. The third-order valence-corrected chi connectivity index (χ3v) is 13.6. The number of carbonyl (C=O) groups is 4. The maximum Gasteiger partial charge on any atom is 0.404 e. The highest BCUT2D eigenvalue weighted by Crippen LogP contribution is 2.57. The number of fused-ring (bicyclic) bond motifs is 6. The molecule has 9 rings (SSSR count). The first-order chi connectivity index (χ1) is 30.1. The molecule has 2 saturated carbocycles. The monoisotopic (exact) mass is 881 g/mol. The number of amides is 1. The van der Waals surface area contributed by atoms with Gasteiger partial charge in [0.2, 0.25) is 11.6 Å². The highest BCUT2D eigenvalue weighted by Gasteiger charge is 2.63. The first-order valence-corrected chi connectivity index (χ1v) is 21.8. The summed E-state index contributed by atoms with van der Waals surface area (Å²) in [6.45, 7) is 4.35. The van der Waals surface area contributed by atoms with Crippen LogP contribution in [-0.2, 0) is 51.4 Å². The van der Waals surface area contributed by atoms with Crippen molar-refractivity contribution >= 4 is 23.4 Å². The molecule has 1 amide bonds. The molecule has 4 fully saturated rings. The van der Waals surface area contributed by atoms with Gasteiger partial charge in [0.15, 0.2) is 17.9 Å². The fraction of sp³-hybridized carbons (Fsp3) is 0.609. The number of primary amides is 1. The molecule has 7 aliphatic rings. The minimum atomic E-state index is -1.23. The van der Waals surface area contributed by atoms with Gasteiger partial charge in [-0.2, -0.15) is 19.6 Å². The summed E-state index contributed by atoms with van der Waals surface area (Å²) >= 11 is 0. The molecule has 0 radical (unpaired) electrons. The molecular formula is C46H59NO16. The van der Waals surface area contributed by atoms with E-state index in [0.717, 1.165) is 38.7 Å². The number of methoxy groups -OCH3 is 2. The second-order valence-electron chi connectivity index (χ2n) is 17.9. The fourth-order valence-electron chi connectivity index (χ4n) is 10.6. The summed E-state index contributed by atoms with van der Waals surface area (Å²) in [4.78, 5) is 72.7. The lowest BCUT2D eigenvalue weighted by Gasteiger charge is -2.57. The van der Waals surface area contributed by atoms with Crippen LogP contribution in [0.2, 0.25) is 0 Å². The number of allylic oxidation sites excluding steroid dienone is 1. The average Bonchev–Trinajstić information content (AvgIpc) is 3.28. The van der Waals surface area contributed by atoms with Gasteiger partial charge >= 0.3 is 6.09 Å². The van der Waals surface area contributed by atoms with Crippen LogP contribution in [0, 0.1) is 23.7 Å². The summed E-state index contributed by atoms with van der Waals surface area (Å²) in [5.41, 5.74) is 5.33. The standard InChI is InChI=1S/C21H18O7.C19H29NO7.C6H12O2/c1-28-14-4-2-3-11-15(14)21(27)17-16(19(11)25)20(26)12-7-9(13(23)8-22)5-6-10(12)18(17)24;1-12-7-15-10-17(22,8-12)9-13(2)19(15)26-24-18(25-27-19)6-4-3-5-14(18)11-23-16(20)21;1-7-6-4-2-3-5-8-6/h2-4,9,22,24,26H,5-8H2,1H3;5,12-13,15,22H,3-4,6-11H2,1-2H3,(H2,20,21);6H,2-5H2,1H3. The summed E-state index contributed by atoms with van der Waals surface area (Å²) in [5.74, 6) is -4.58. The lowest BCUT2D eigenvalue weighted by molar-refractivity contribution is -0.669. The van der Waals surface area contributed by atoms with E-state index in [0.29, 0.717) is 42.7 Å². The molecule has 344 valence electrons. The number of nitrogens with two attached hydrogens (primary N) is 1. The number of benzene rings is 2. The lowest BCUT2D eigenvalue weighted by atomic mass is 9.60. The molecule has 6 atom stereocenters. The van der Waals surface area contributed by atoms with Gasteiger partial charge in [-0.25, -0.2) is 4.79 Å². The van der Waals surface area contributed by atoms with E-state index in [1.54, 1.807) is 19.2 Å². The number of Topliss-reactive ketones (excluding diaryl/α,β-unsaturated/α-hetero) is 1. The van der Waals surface area contributed by atoms with E-state index in [1.165, 1.54) is 26.0 Å². The SMILES string of the molecule is CC1CC2CC(O)(C1)CC(C)C21OOC2(CCCC=C2COC(N)=O)OO1.COC1CCCCO1.COc1cccc2c1C(=O)c1c(O)c3c(c(O)c1C2=O)CC(C(=O)CO)CC3. The van der Waals surface area contributed by atoms with Crippen molar-refractivity contribution in [2.45, 2.75) is 121 Å². The van der Waals surface area contributed by atoms with Crippen molar-refractivity contribution < 1.29 is 78.1 Å². The van der Waals surface area contributed by atoms with E-state index >= 15 is 0 Å². The third-order valence-electron chi connectivity index (χ3n) is 13.6. The number of ether oxygens (including phenoxy) is 4. The van der Waals surface area contributed by atoms with Crippen LogP contribution < -0.4 is 10.5 Å². The van der Waals surface area contributed by atoms with E-state index in [2.05, 4.69) is 6.92 Å². The van der Waals surface area contributed by atoms with Gasteiger partial charge in [-0.1, -0.05) is 32.1 Å². The summed E-state index contributed by atoms with van der Waals surface area (Å²) in [6, 6.07) is 4.59. The normalized spacial score (nSPS) is 31.8. The number of aliphatic hydroxyl groups is 2. The number of phenols is 2. The minimum Gasteiger partial charge on any atom is -0.507 e. The van der Waals surface area contributed by atoms with Crippen LogP contribution >= 0.6 is 0 Å². The zero-order valence-electron chi connectivity index (χ0n) is 36.3. The van der Waals surface area contributed by atoms with Crippen LogP contribution in [0.1, 0.15) is 127 Å². The molecule has 6 N–H and O–H groups in total. The Hall–Kier alpha value is -4.46.